The first-order chi connectivity index (χ1) is 14.9. The average Bonchev–Trinajstić information content (AvgIpc) is 3.20. The standard InChI is InChI=1S/C26H25BrN2O2/c1-25(2)16-26(12-13-30-25)29-23(21-14-18(27)10-11-24(21)31-26)15-22(28-29)20-9-5-7-17-6-3-4-8-19(17)20/h3-11,14,23H,12-13,15-16H2,1-2H3. The lowest BCUT2D eigenvalue weighted by Gasteiger charge is -2.52. The maximum Gasteiger partial charge on any atom is 0.203 e. The summed E-state index contributed by atoms with van der Waals surface area (Å²) in [7, 11) is 0. The summed E-state index contributed by atoms with van der Waals surface area (Å²) in [5.41, 5.74) is 2.79. The van der Waals surface area contributed by atoms with Crippen molar-refractivity contribution >= 4 is 32.4 Å². The van der Waals surface area contributed by atoms with E-state index in [9.17, 15) is 0 Å². The fourth-order valence-corrected chi connectivity index (χ4v) is 5.84. The molecule has 1 fully saturated rings. The Hall–Kier alpha value is -2.37. The number of hydrogen-bond acceptors (Lipinski definition) is 4. The van der Waals surface area contributed by atoms with E-state index < -0.39 is 5.72 Å². The molecule has 0 bridgehead atoms. The van der Waals surface area contributed by atoms with Gasteiger partial charge in [-0.05, 0) is 42.8 Å². The first kappa shape index (κ1) is 19.3. The van der Waals surface area contributed by atoms with E-state index in [2.05, 4.69) is 95.5 Å². The number of ether oxygens (including phenoxy) is 2. The predicted octanol–water partition coefficient (Wildman–Crippen LogP) is 6.43. The molecule has 0 radical (unpaired) electrons. The summed E-state index contributed by atoms with van der Waals surface area (Å²) in [5.74, 6) is 0.969. The van der Waals surface area contributed by atoms with Crippen LogP contribution in [0.3, 0.4) is 0 Å². The highest BCUT2D eigenvalue weighted by Gasteiger charge is 2.54. The minimum atomic E-state index is -0.487. The summed E-state index contributed by atoms with van der Waals surface area (Å²) < 4.78 is 13.9. The largest absolute Gasteiger partial charge is 0.466 e. The molecule has 3 heterocycles. The van der Waals surface area contributed by atoms with Crippen LogP contribution in [-0.2, 0) is 4.74 Å². The highest BCUT2D eigenvalue weighted by Crippen LogP contribution is 2.52. The SMILES string of the molecule is CC1(C)CC2(CCO1)Oc1ccc(Br)cc1C1CC(c3cccc4ccccc34)=NN12. The zero-order valence-electron chi connectivity index (χ0n) is 17.8. The van der Waals surface area contributed by atoms with Crippen LogP contribution in [0.4, 0.5) is 0 Å². The smallest absolute Gasteiger partial charge is 0.203 e. The Morgan fingerprint density at radius 1 is 1.06 bits per heavy atom. The van der Waals surface area contributed by atoms with E-state index in [0.717, 1.165) is 35.2 Å². The van der Waals surface area contributed by atoms with Gasteiger partial charge in [0.25, 0.3) is 0 Å². The number of benzene rings is 3. The van der Waals surface area contributed by atoms with Crippen LogP contribution in [0, 0.1) is 0 Å². The van der Waals surface area contributed by atoms with Crippen molar-refractivity contribution < 1.29 is 9.47 Å². The van der Waals surface area contributed by atoms with E-state index in [1.165, 1.54) is 21.9 Å². The summed E-state index contributed by atoms with van der Waals surface area (Å²) in [6, 6.07) is 21.5. The second kappa shape index (κ2) is 6.81. The zero-order valence-corrected chi connectivity index (χ0v) is 19.4. The van der Waals surface area contributed by atoms with Crippen molar-refractivity contribution in [1.29, 1.82) is 0 Å². The van der Waals surface area contributed by atoms with Gasteiger partial charge in [0, 0.05) is 34.9 Å². The molecule has 0 amide bonds. The molecule has 31 heavy (non-hydrogen) atoms. The molecular weight excluding hydrogens is 452 g/mol. The van der Waals surface area contributed by atoms with Crippen molar-refractivity contribution in [3.8, 4) is 5.75 Å². The van der Waals surface area contributed by atoms with Gasteiger partial charge in [0.2, 0.25) is 5.72 Å². The Morgan fingerprint density at radius 3 is 2.77 bits per heavy atom. The van der Waals surface area contributed by atoms with Crippen LogP contribution in [0.1, 0.15) is 50.3 Å². The molecule has 3 aliphatic rings. The third-order valence-corrected chi connectivity index (χ3v) is 7.24. The van der Waals surface area contributed by atoms with Gasteiger partial charge in [0.15, 0.2) is 0 Å². The quantitative estimate of drug-likeness (QED) is 0.405. The number of hydrogen-bond donors (Lipinski definition) is 0. The van der Waals surface area contributed by atoms with Gasteiger partial charge in [-0.25, -0.2) is 5.01 Å². The van der Waals surface area contributed by atoms with Crippen molar-refractivity contribution in [2.45, 2.75) is 50.5 Å². The van der Waals surface area contributed by atoms with E-state index >= 15 is 0 Å². The van der Waals surface area contributed by atoms with Crippen LogP contribution in [0.5, 0.6) is 5.75 Å². The molecular formula is C26H25BrN2O2. The monoisotopic (exact) mass is 476 g/mol. The molecule has 0 aromatic heterocycles. The van der Waals surface area contributed by atoms with Gasteiger partial charge in [-0.3, -0.25) is 0 Å². The van der Waals surface area contributed by atoms with Crippen LogP contribution < -0.4 is 4.74 Å². The van der Waals surface area contributed by atoms with Gasteiger partial charge in [-0.1, -0.05) is 58.4 Å². The zero-order chi connectivity index (χ0) is 21.2. The lowest BCUT2D eigenvalue weighted by molar-refractivity contribution is -0.212. The number of fused-ring (bicyclic) bond motifs is 5. The molecule has 2 unspecified atom stereocenters. The minimum absolute atomic E-state index is 0.157. The summed E-state index contributed by atoms with van der Waals surface area (Å²) in [4.78, 5) is 0. The molecule has 6 rings (SSSR count). The second-order valence-electron chi connectivity index (χ2n) is 9.40. The number of halogens is 1. The lowest BCUT2D eigenvalue weighted by Crippen LogP contribution is -2.60. The first-order valence-electron chi connectivity index (χ1n) is 10.9. The van der Waals surface area contributed by atoms with Crippen LogP contribution in [0.15, 0.2) is 70.2 Å². The molecule has 158 valence electrons. The van der Waals surface area contributed by atoms with Crippen molar-refractivity contribution in [2.75, 3.05) is 6.61 Å². The Morgan fingerprint density at radius 2 is 1.90 bits per heavy atom. The normalized spacial score (nSPS) is 26.4. The molecule has 3 aromatic carbocycles. The molecule has 2 atom stereocenters. The molecule has 0 aliphatic carbocycles. The molecule has 5 heteroatoms. The highest BCUT2D eigenvalue weighted by atomic mass is 79.9. The van der Waals surface area contributed by atoms with Crippen LogP contribution >= 0.6 is 15.9 Å². The molecule has 0 N–H and O–H groups in total. The molecule has 1 saturated heterocycles. The third kappa shape index (κ3) is 3.09. The Bertz CT molecular complexity index is 1220. The van der Waals surface area contributed by atoms with E-state index in [1.54, 1.807) is 0 Å². The Kier molecular flexibility index (Phi) is 4.25. The summed E-state index contributed by atoms with van der Waals surface area (Å²) in [5, 5.41) is 10.0. The number of hydrazone groups is 1. The lowest BCUT2D eigenvalue weighted by atomic mass is 9.86. The number of nitrogens with zero attached hydrogens (tertiary/aromatic N) is 2. The Balaban J connectivity index is 1.51. The van der Waals surface area contributed by atoms with E-state index in [0.29, 0.717) is 6.61 Å². The van der Waals surface area contributed by atoms with Crippen molar-refractivity contribution in [2.24, 2.45) is 5.10 Å². The molecule has 3 aromatic rings. The van der Waals surface area contributed by atoms with Crippen molar-refractivity contribution in [1.82, 2.24) is 5.01 Å². The van der Waals surface area contributed by atoms with Gasteiger partial charge >= 0.3 is 0 Å². The molecule has 1 spiro atoms. The van der Waals surface area contributed by atoms with Gasteiger partial charge in [0.05, 0.1) is 24.0 Å². The van der Waals surface area contributed by atoms with E-state index in [-0.39, 0.29) is 11.6 Å². The minimum Gasteiger partial charge on any atom is -0.466 e. The highest BCUT2D eigenvalue weighted by molar-refractivity contribution is 9.10. The van der Waals surface area contributed by atoms with E-state index in [4.69, 9.17) is 14.6 Å². The Labute approximate surface area is 191 Å². The fraction of sp³-hybridized carbons (Fsp3) is 0.346. The van der Waals surface area contributed by atoms with Crippen LogP contribution in [0.25, 0.3) is 10.8 Å². The molecule has 0 saturated carbocycles. The maximum atomic E-state index is 6.75. The summed E-state index contributed by atoms with van der Waals surface area (Å²) in [6.45, 7) is 4.96. The third-order valence-electron chi connectivity index (χ3n) is 6.75. The topological polar surface area (TPSA) is 34.1 Å². The maximum absolute atomic E-state index is 6.75. The fourth-order valence-electron chi connectivity index (χ4n) is 5.47. The predicted molar refractivity (Wildman–Crippen MR) is 126 cm³/mol. The summed E-state index contributed by atoms with van der Waals surface area (Å²) >= 11 is 3.65. The molecule has 3 aliphatic heterocycles. The summed E-state index contributed by atoms with van der Waals surface area (Å²) in [6.07, 6.45) is 2.44. The van der Waals surface area contributed by atoms with Crippen molar-refractivity contribution in [3.05, 3.63) is 76.3 Å². The molecule has 4 nitrogen and oxygen atoms in total. The van der Waals surface area contributed by atoms with Gasteiger partial charge in [-0.2, -0.15) is 5.10 Å². The second-order valence-corrected chi connectivity index (χ2v) is 10.3. The van der Waals surface area contributed by atoms with Gasteiger partial charge in [-0.15, -0.1) is 0 Å². The van der Waals surface area contributed by atoms with Crippen LogP contribution in [0.2, 0.25) is 0 Å². The average molecular weight is 477 g/mol. The first-order valence-corrected chi connectivity index (χ1v) is 11.7. The van der Waals surface area contributed by atoms with Gasteiger partial charge < -0.3 is 9.47 Å². The van der Waals surface area contributed by atoms with Crippen LogP contribution in [-0.4, -0.2) is 28.7 Å². The van der Waals surface area contributed by atoms with E-state index in [1.807, 2.05) is 0 Å². The number of rotatable bonds is 1. The van der Waals surface area contributed by atoms with Crippen molar-refractivity contribution in [3.63, 3.8) is 0 Å². The van der Waals surface area contributed by atoms with Gasteiger partial charge in [0.1, 0.15) is 5.75 Å².